The molecule has 1 aromatic heterocycles. The quantitative estimate of drug-likeness (QED) is 0.873. The zero-order valence-electron chi connectivity index (χ0n) is 10.3. The first-order chi connectivity index (χ1) is 9.61. The van der Waals surface area contributed by atoms with Crippen molar-refractivity contribution in [3.63, 3.8) is 0 Å². The van der Waals surface area contributed by atoms with Gasteiger partial charge in [0.15, 0.2) is 5.69 Å². The number of rotatable bonds is 4. The number of aromatic carboxylic acids is 1. The number of nitriles is 1. The Morgan fingerprint density at radius 3 is 2.75 bits per heavy atom. The summed E-state index contributed by atoms with van der Waals surface area (Å²) in [5, 5.41) is 23.8. The minimum absolute atomic E-state index is 0.0943. The molecular weight excluding hydrogens is 260 g/mol. The predicted octanol–water partition coefficient (Wildman–Crippen LogP) is 1.42. The van der Waals surface area contributed by atoms with Gasteiger partial charge in [-0.15, -0.1) is 0 Å². The number of aromatic nitrogens is 2. The first kappa shape index (κ1) is 13.3. The number of nitrogens with one attached hydrogen (secondary N) is 1. The Kier molecular flexibility index (Phi) is 3.77. The maximum Gasteiger partial charge on any atom is 0.356 e. The lowest BCUT2D eigenvalue weighted by Gasteiger charge is -2.09. The van der Waals surface area contributed by atoms with Crippen molar-refractivity contribution in [2.75, 3.05) is 5.32 Å². The Morgan fingerprint density at radius 1 is 1.35 bits per heavy atom. The van der Waals surface area contributed by atoms with Crippen molar-refractivity contribution in [2.24, 2.45) is 0 Å². The summed E-state index contributed by atoms with van der Waals surface area (Å²) < 4.78 is 1.35. The first-order valence-electron chi connectivity index (χ1n) is 5.67. The van der Waals surface area contributed by atoms with Crippen LogP contribution in [0.2, 0.25) is 0 Å². The predicted molar refractivity (Wildman–Crippen MR) is 69.4 cm³/mol. The molecule has 0 fully saturated rings. The molecule has 1 amide bonds. The van der Waals surface area contributed by atoms with E-state index in [0.29, 0.717) is 11.4 Å². The zero-order valence-corrected chi connectivity index (χ0v) is 10.3. The number of carboxylic acids is 1. The Balaban J connectivity index is 2.34. The zero-order chi connectivity index (χ0) is 14.5. The second-order valence-electron chi connectivity index (χ2n) is 3.85. The third-order valence-electron chi connectivity index (χ3n) is 2.47. The molecular formula is C13H10N4O3. The molecule has 0 spiro atoms. The maximum absolute atomic E-state index is 11.5. The molecule has 100 valence electrons. The van der Waals surface area contributed by atoms with E-state index in [-0.39, 0.29) is 12.1 Å². The number of para-hydroxylation sites is 2. The van der Waals surface area contributed by atoms with Crippen molar-refractivity contribution in [3.8, 4) is 11.8 Å². The number of carboxylic acid groups (broad SMARTS) is 1. The van der Waals surface area contributed by atoms with Gasteiger partial charge in [0.05, 0.1) is 17.4 Å². The van der Waals surface area contributed by atoms with Crippen molar-refractivity contribution in [1.82, 2.24) is 9.78 Å². The normalized spacial score (nSPS) is 9.75. The molecule has 0 unspecified atom stereocenters. The van der Waals surface area contributed by atoms with Gasteiger partial charge in [-0.05, 0) is 18.2 Å². The van der Waals surface area contributed by atoms with E-state index in [9.17, 15) is 9.59 Å². The molecule has 1 aromatic carbocycles. The van der Waals surface area contributed by atoms with Gasteiger partial charge in [-0.25, -0.2) is 9.48 Å². The lowest BCUT2D eigenvalue weighted by Crippen LogP contribution is -2.12. The minimum atomic E-state index is -1.13. The van der Waals surface area contributed by atoms with Crippen LogP contribution in [0.25, 0.3) is 5.69 Å². The van der Waals surface area contributed by atoms with E-state index in [1.165, 1.54) is 16.9 Å². The van der Waals surface area contributed by atoms with E-state index in [1.807, 2.05) is 0 Å². The van der Waals surface area contributed by atoms with Crippen LogP contribution in [0, 0.1) is 11.3 Å². The van der Waals surface area contributed by atoms with Crippen molar-refractivity contribution in [3.05, 3.63) is 42.2 Å². The van der Waals surface area contributed by atoms with Gasteiger partial charge < -0.3 is 10.4 Å². The first-order valence-corrected chi connectivity index (χ1v) is 5.67. The van der Waals surface area contributed by atoms with Crippen LogP contribution in [0.4, 0.5) is 5.69 Å². The molecule has 1 heterocycles. The van der Waals surface area contributed by atoms with Crippen LogP contribution in [0.15, 0.2) is 36.5 Å². The van der Waals surface area contributed by atoms with Crippen molar-refractivity contribution < 1.29 is 14.7 Å². The van der Waals surface area contributed by atoms with Crippen LogP contribution in [0.1, 0.15) is 16.9 Å². The van der Waals surface area contributed by atoms with Crippen molar-refractivity contribution >= 4 is 17.6 Å². The summed E-state index contributed by atoms with van der Waals surface area (Å²) in [5.74, 6) is -1.57. The van der Waals surface area contributed by atoms with Crippen molar-refractivity contribution in [1.29, 1.82) is 5.26 Å². The van der Waals surface area contributed by atoms with E-state index in [1.54, 1.807) is 30.3 Å². The van der Waals surface area contributed by atoms with E-state index < -0.39 is 11.9 Å². The smallest absolute Gasteiger partial charge is 0.356 e. The molecule has 0 aliphatic rings. The van der Waals surface area contributed by atoms with Crippen LogP contribution in [-0.2, 0) is 4.79 Å². The molecule has 0 saturated heterocycles. The maximum atomic E-state index is 11.5. The average Bonchev–Trinajstić information content (AvgIpc) is 2.89. The fourth-order valence-electron chi connectivity index (χ4n) is 1.62. The summed E-state index contributed by atoms with van der Waals surface area (Å²) in [6, 6.07) is 9.89. The Bertz CT molecular complexity index is 700. The molecule has 0 saturated carbocycles. The lowest BCUT2D eigenvalue weighted by atomic mass is 10.2. The minimum Gasteiger partial charge on any atom is -0.476 e. The summed E-state index contributed by atoms with van der Waals surface area (Å²) in [4.78, 5) is 22.3. The lowest BCUT2D eigenvalue weighted by molar-refractivity contribution is -0.115. The Morgan fingerprint density at radius 2 is 2.10 bits per heavy atom. The average molecular weight is 270 g/mol. The molecule has 7 heteroatoms. The number of carbonyl (C=O) groups excluding carboxylic acids is 1. The highest BCUT2D eigenvalue weighted by Crippen LogP contribution is 2.19. The van der Waals surface area contributed by atoms with Crippen LogP contribution in [0.5, 0.6) is 0 Å². The second kappa shape index (κ2) is 5.67. The summed E-state index contributed by atoms with van der Waals surface area (Å²) in [6.45, 7) is 0. The van der Waals surface area contributed by atoms with Gasteiger partial charge in [0, 0.05) is 6.20 Å². The number of nitrogens with zero attached hydrogens (tertiary/aromatic N) is 3. The molecule has 0 radical (unpaired) electrons. The van der Waals surface area contributed by atoms with E-state index in [0.717, 1.165) is 0 Å². The van der Waals surface area contributed by atoms with E-state index in [2.05, 4.69) is 10.4 Å². The van der Waals surface area contributed by atoms with Gasteiger partial charge in [-0.3, -0.25) is 4.79 Å². The Hall–Kier alpha value is -3.14. The van der Waals surface area contributed by atoms with Crippen LogP contribution < -0.4 is 5.32 Å². The summed E-state index contributed by atoms with van der Waals surface area (Å²) in [7, 11) is 0. The molecule has 2 N–H and O–H groups in total. The van der Waals surface area contributed by atoms with E-state index in [4.69, 9.17) is 10.4 Å². The number of benzene rings is 1. The second-order valence-corrected chi connectivity index (χ2v) is 3.85. The molecule has 0 bridgehead atoms. The highest BCUT2D eigenvalue weighted by molar-refractivity contribution is 5.94. The van der Waals surface area contributed by atoms with Crippen LogP contribution in [0.3, 0.4) is 0 Å². The number of anilines is 1. The molecule has 0 atom stereocenters. The third kappa shape index (κ3) is 2.81. The van der Waals surface area contributed by atoms with Gasteiger partial charge in [0.25, 0.3) is 0 Å². The monoisotopic (exact) mass is 270 g/mol. The third-order valence-corrected chi connectivity index (χ3v) is 2.47. The molecule has 0 aliphatic carbocycles. The standard InChI is InChI=1S/C13H10N4O3/c14-7-5-12(18)15-9-3-1-2-4-11(9)17-8-6-10(16-17)13(19)20/h1-4,6,8H,5H2,(H,15,18)(H,19,20). The van der Waals surface area contributed by atoms with Crippen molar-refractivity contribution in [2.45, 2.75) is 6.42 Å². The van der Waals surface area contributed by atoms with Crippen LogP contribution in [-0.4, -0.2) is 26.8 Å². The number of hydrogen-bond donors (Lipinski definition) is 2. The van der Waals surface area contributed by atoms with Gasteiger partial charge in [0.1, 0.15) is 6.42 Å². The molecule has 2 aromatic rings. The van der Waals surface area contributed by atoms with Gasteiger partial charge >= 0.3 is 5.97 Å². The summed E-state index contributed by atoms with van der Waals surface area (Å²) in [6.07, 6.45) is 1.23. The summed E-state index contributed by atoms with van der Waals surface area (Å²) >= 11 is 0. The van der Waals surface area contributed by atoms with Gasteiger partial charge in [0.2, 0.25) is 5.91 Å². The molecule has 2 rings (SSSR count). The number of carbonyl (C=O) groups is 2. The highest BCUT2D eigenvalue weighted by atomic mass is 16.4. The summed E-state index contributed by atoms with van der Waals surface area (Å²) in [5.41, 5.74) is 0.877. The fourth-order valence-corrected chi connectivity index (χ4v) is 1.62. The number of hydrogen-bond acceptors (Lipinski definition) is 4. The molecule has 7 nitrogen and oxygen atoms in total. The fraction of sp³-hybridized carbons (Fsp3) is 0.0769. The Labute approximate surface area is 114 Å². The van der Waals surface area contributed by atoms with Crippen LogP contribution >= 0.6 is 0 Å². The highest BCUT2D eigenvalue weighted by Gasteiger charge is 2.11. The number of amides is 1. The van der Waals surface area contributed by atoms with Gasteiger partial charge in [-0.2, -0.15) is 10.4 Å². The largest absolute Gasteiger partial charge is 0.476 e. The SMILES string of the molecule is N#CCC(=O)Nc1ccccc1-n1ccc(C(=O)O)n1. The topological polar surface area (TPSA) is 108 Å². The molecule has 20 heavy (non-hydrogen) atoms. The van der Waals surface area contributed by atoms with E-state index >= 15 is 0 Å². The molecule has 0 aliphatic heterocycles. The van der Waals surface area contributed by atoms with Gasteiger partial charge in [-0.1, -0.05) is 12.1 Å².